The van der Waals surface area contributed by atoms with Crippen molar-refractivity contribution in [3.8, 4) is 0 Å². The fourth-order valence-corrected chi connectivity index (χ4v) is 2.00. The van der Waals surface area contributed by atoms with Gasteiger partial charge < -0.3 is 10.4 Å². The summed E-state index contributed by atoms with van der Waals surface area (Å²) in [4.78, 5) is 11.2. The molecule has 0 bridgehead atoms. The average molecular weight is 259 g/mol. The molecule has 2 rings (SSSR count). The van der Waals surface area contributed by atoms with Gasteiger partial charge in [-0.2, -0.15) is 5.10 Å². The Hall–Kier alpha value is -2.30. The monoisotopic (exact) mass is 259 g/mol. The van der Waals surface area contributed by atoms with Crippen LogP contribution in [0.2, 0.25) is 0 Å². The second-order valence-corrected chi connectivity index (χ2v) is 4.62. The van der Waals surface area contributed by atoms with E-state index in [1.807, 2.05) is 33.2 Å². The number of nitrogens with zero attached hydrogens (tertiary/aromatic N) is 2. The second-order valence-electron chi connectivity index (χ2n) is 4.62. The fourth-order valence-electron chi connectivity index (χ4n) is 2.00. The Bertz CT molecular complexity index is 617. The van der Waals surface area contributed by atoms with Crippen LogP contribution in [-0.4, -0.2) is 20.9 Å². The van der Waals surface area contributed by atoms with Crippen molar-refractivity contribution in [2.24, 2.45) is 7.05 Å². The van der Waals surface area contributed by atoms with Crippen LogP contribution in [-0.2, 0) is 13.6 Å². The predicted molar refractivity (Wildman–Crippen MR) is 73.4 cm³/mol. The van der Waals surface area contributed by atoms with Gasteiger partial charge >= 0.3 is 5.97 Å². The summed E-state index contributed by atoms with van der Waals surface area (Å²) >= 11 is 0. The Kier molecular flexibility index (Phi) is 3.55. The molecule has 0 amide bonds. The standard InChI is InChI=1S/C14H17N3O2/c1-9-4-5-12(14(18)19)13(6-9)15-7-11-8-17(3)16-10(11)2/h4-6,8,15H,7H2,1-3H3,(H,18,19). The van der Waals surface area contributed by atoms with Crippen LogP contribution < -0.4 is 5.32 Å². The van der Waals surface area contributed by atoms with Crippen molar-refractivity contribution in [2.75, 3.05) is 5.32 Å². The Labute approximate surface area is 111 Å². The van der Waals surface area contributed by atoms with Crippen LogP contribution in [0.4, 0.5) is 5.69 Å². The summed E-state index contributed by atoms with van der Waals surface area (Å²) in [6.07, 6.45) is 1.93. The van der Waals surface area contributed by atoms with Crippen molar-refractivity contribution >= 4 is 11.7 Å². The molecule has 0 spiro atoms. The number of carboxylic acid groups (broad SMARTS) is 1. The lowest BCUT2D eigenvalue weighted by Gasteiger charge is -2.10. The van der Waals surface area contributed by atoms with E-state index in [0.717, 1.165) is 16.8 Å². The molecule has 1 aromatic carbocycles. The van der Waals surface area contributed by atoms with Gasteiger partial charge in [0, 0.05) is 31.0 Å². The van der Waals surface area contributed by atoms with Crippen molar-refractivity contribution in [3.63, 3.8) is 0 Å². The molecule has 0 unspecified atom stereocenters. The van der Waals surface area contributed by atoms with Gasteiger partial charge in [-0.3, -0.25) is 4.68 Å². The summed E-state index contributed by atoms with van der Waals surface area (Å²) in [5, 5.41) is 16.6. The highest BCUT2D eigenvalue weighted by Crippen LogP contribution is 2.19. The van der Waals surface area contributed by atoms with Crippen LogP contribution in [0.25, 0.3) is 0 Å². The minimum absolute atomic E-state index is 0.284. The van der Waals surface area contributed by atoms with Gasteiger partial charge in [-0.05, 0) is 31.5 Å². The number of aryl methyl sites for hydroxylation is 3. The minimum atomic E-state index is -0.926. The quantitative estimate of drug-likeness (QED) is 0.884. The number of nitrogens with one attached hydrogen (secondary N) is 1. The second kappa shape index (κ2) is 5.14. The van der Waals surface area contributed by atoms with E-state index in [0.29, 0.717) is 12.2 Å². The first kappa shape index (κ1) is 13.1. The fraction of sp³-hybridized carbons (Fsp3) is 0.286. The normalized spacial score (nSPS) is 10.5. The molecule has 1 heterocycles. The van der Waals surface area contributed by atoms with E-state index in [1.165, 1.54) is 0 Å². The zero-order chi connectivity index (χ0) is 14.0. The number of aromatic carboxylic acids is 1. The van der Waals surface area contributed by atoms with Gasteiger partial charge in [0.2, 0.25) is 0 Å². The van der Waals surface area contributed by atoms with Crippen molar-refractivity contribution in [2.45, 2.75) is 20.4 Å². The highest BCUT2D eigenvalue weighted by atomic mass is 16.4. The highest BCUT2D eigenvalue weighted by Gasteiger charge is 2.10. The van der Waals surface area contributed by atoms with Crippen molar-refractivity contribution in [1.82, 2.24) is 9.78 Å². The van der Waals surface area contributed by atoms with E-state index in [4.69, 9.17) is 5.11 Å². The van der Waals surface area contributed by atoms with E-state index < -0.39 is 5.97 Å². The van der Waals surface area contributed by atoms with Crippen molar-refractivity contribution in [1.29, 1.82) is 0 Å². The molecule has 0 aliphatic heterocycles. The lowest BCUT2D eigenvalue weighted by Crippen LogP contribution is -2.07. The first-order valence-electron chi connectivity index (χ1n) is 6.04. The summed E-state index contributed by atoms with van der Waals surface area (Å²) < 4.78 is 1.75. The molecule has 5 heteroatoms. The summed E-state index contributed by atoms with van der Waals surface area (Å²) in [7, 11) is 1.87. The van der Waals surface area contributed by atoms with Gasteiger partial charge in [-0.1, -0.05) is 6.07 Å². The van der Waals surface area contributed by atoms with Crippen molar-refractivity contribution < 1.29 is 9.90 Å². The molecule has 2 N–H and O–H groups in total. The number of carboxylic acids is 1. The van der Waals surface area contributed by atoms with Crippen LogP contribution in [0.5, 0.6) is 0 Å². The van der Waals surface area contributed by atoms with E-state index >= 15 is 0 Å². The maximum atomic E-state index is 11.2. The number of aromatic nitrogens is 2. The van der Waals surface area contributed by atoms with Crippen LogP contribution in [0.1, 0.15) is 27.2 Å². The van der Waals surface area contributed by atoms with Gasteiger partial charge in [0.25, 0.3) is 0 Å². The molecular weight excluding hydrogens is 242 g/mol. The molecule has 19 heavy (non-hydrogen) atoms. The Balaban J connectivity index is 2.21. The number of hydrogen-bond acceptors (Lipinski definition) is 3. The minimum Gasteiger partial charge on any atom is -0.478 e. The van der Waals surface area contributed by atoms with Crippen LogP contribution in [0, 0.1) is 13.8 Å². The number of carbonyl (C=O) groups is 1. The first-order chi connectivity index (χ1) is 8.97. The molecule has 0 aliphatic rings. The topological polar surface area (TPSA) is 67.2 Å². The van der Waals surface area contributed by atoms with E-state index in [9.17, 15) is 4.79 Å². The van der Waals surface area contributed by atoms with Crippen LogP contribution >= 0.6 is 0 Å². The van der Waals surface area contributed by atoms with Gasteiger partial charge in [-0.25, -0.2) is 4.79 Å². The Morgan fingerprint density at radius 1 is 1.42 bits per heavy atom. The average Bonchev–Trinajstić information content (AvgIpc) is 2.65. The molecule has 0 aliphatic carbocycles. The maximum Gasteiger partial charge on any atom is 0.337 e. The Morgan fingerprint density at radius 3 is 2.74 bits per heavy atom. The molecule has 0 fully saturated rings. The van der Waals surface area contributed by atoms with Crippen LogP contribution in [0.3, 0.4) is 0 Å². The van der Waals surface area contributed by atoms with E-state index in [2.05, 4.69) is 10.4 Å². The van der Waals surface area contributed by atoms with Gasteiger partial charge in [0.15, 0.2) is 0 Å². The molecule has 1 aromatic heterocycles. The molecule has 0 saturated heterocycles. The number of benzene rings is 1. The summed E-state index contributed by atoms with van der Waals surface area (Å²) in [6, 6.07) is 5.26. The molecule has 2 aromatic rings. The lowest BCUT2D eigenvalue weighted by atomic mass is 10.1. The van der Waals surface area contributed by atoms with E-state index in [-0.39, 0.29) is 5.56 Å². The number of rotatable bonds is 4. The lowest BCUT2D eigenvalue weighted by molar-refractivity contribution is 0.0698. The molecular formula is C14H17N3O2. The van der Waals surface area contributed by atoms with Crippen molar-refractivity contribution in [3.05, 3.63) is 46.8 Å². The van der Waals surface area contributed by atoms with Crippen LogP contribution in [0.15, 0.2) is 24.4 Å². The summed E-state index contributed by atoms with van der Waals surface area (Å²) in [6.45, 7) is 4.43. The number of hydrogen-bond donors (Lipinski definition) is 2. The molecule has 0 atom stereocenters. The summed E-state index contributed by atoms with van der Waals surface area (Å²) in [5.41, 5.74) is 3.94. The molecule has 100 valence electrons. The maximum absolute atomic E-state index is 11.2. The first-order valence-corrected chi connectivity index (χ1v) is 6.04. The van der Waals surface area contributed by atoms with Gasteiger partial charge in [-0.15, -0.1) is 0 Å². The largest absolute Gasteiger partial charge is 0.478 e. The molecule has 0 radical (unpaired) electrons. The molecule has 0 saturated carbocycles. The molecule has 5 nitrogen and oxygen atoms in total. The third kappa shape index (κ3) is 2.93. The smallest absolute Gasteiger partial charge is 0.337 e. The highest BCUT2D eigenvalue weighted by molar-refractivity contribution is 5.94. The van der Waals surface area contributed by atoms with E-state index in [1.54, 1.807) is 16.8 Å². The predicted octanol–water partition coefficient (Wildman–Crippen LogP) is 2.35. The Morgan fingerprint density at radius 2 is 2.16 bits per heavy atom. The third-order valence-corrected chi connectivity index (χ3v) is 2.99. The zero-order valence-electron chi connectivity index (χ0n) is 11.3. The van der Waals surface area contributed by atoms with Gasteiger partial charge in [0.05, 0.1) is 11.3 Å². The van der Waals surface area contributed by atoms with Gasteiger partial charge in [0.1, 0.15) is 0 Å². The SMILES string of the molecule is Cc1ccc(C(=O)O)c(NCc2cn(C)nc2C)c1. The third-order valence-electron chi connectivity index (χ3n) is 2.99. The zero-order valence-corrected chi connectivity index (χ0v) is 11.3. The summed E-state index contributed by atoms with van der Waals surface area (Å²) in [5.74, 6) is -0.926. The number of anilines is 1.